The van der Waals surface area contributed by atoms with Crippen molar-refractivity contribution in [3.05, 3.63) is 18.2 Å². The van der Waals surface area contributed by atoms with Gasteiger partial charge in [-0.15, -0.1) is 0 Å². The second-order valence-electron chi connectivity index (χ2n) is 8.11. The third kappa shape index (κ3) is 5.30. The summed E-state index contributed by atoms with van der Waals surface area (Å²) < 4.78 is 31.9. The minimum atomic E-state index is -3.73. The second-order valence-corrected chi connectivity index (χ2v) is 10.2. The Hall–Kier alpha value is -2.33. The third-order valence-electron chi connectivity index (χ3n) is 5.78. The van der Waals surface area contributed by atoms with Crippen LogP contribution in [0.4, 0.5) is 10.5 Å². The highest BCUT2D eigenvalue weighted by molar-refractivity contribution is 7.89. The van der Waals surface area contributed by atoms with Crippen molar-refractivity contribution in [2.45, 2.75) is 37.5 Å². The van der Waals surface area contributed by atoms with Gasteiger partial charge in [0.05, 0.1) is 6.61 Å². The van der Waals surface area contributed by atoms with E-state index in [2.05, 4.69) is 5.32 Å². The smallest absolute Gasteiger partial charge is 0.319 e. The number of likely N-dealkylation sites (tertiary alicyclic amines) is 2. The summed E-state index contributed by atoms with van der Waals surface area (Å²) >= 11 is 0. The molecule has 9 nitrogen and oxygen atoms in total. The van der Waals surface area contributed by atoms with E-state index in [-0.39, 0.29) is 28.5 Å². The zero-order valence-corrected chi connectivity index (χ0v) is 19.3. The van der Waals surface area contributed by atoms with E-state index in [0.29, 0.717) is 38.2 Å². The summed E-state index contributed by atoms with van der Waals surface area (Å²) in [5, 5.41) is 2.84. The van der Waals surface area contributed by atoms with Crippen LogP contribution in [0.5, 0.6) is 5.75 Å². The van der Waals surface area contributed by atoms with Gasteiger partial charge < -0.3 is 19.9 Å². The Labute approximate surface area is 184 Å². The normalized spacial score (nSPS) is 17.8. The fraction of sp³-hybridized carbons (Fsp3) is 0.619. The average Bonchev–Trinajstić information content (AvgIpc) is 3.29. The molecule has 0 atom stereocenters. The van der Waals surface area contributed by atoms with Crippen molar-refractivity contribution in [3.63, 3.8) is 0 Å². The zero-order valence-electron chi connectivity index (χ0n) is 18.5. The molecule has 31 heavy (non-hydrogen) atoms. The van der Waals surface area contributed by atoms with Gasteiger partial charge in [-0.25, -0.2) is 17.5 Å². The van der Waals surface area contributed by atoms with Crippen molar-refractivity contribution in [3.8, 4) is 5.75 Å². The van der Waals surface area contributed by atoms with Crippen molar-refractivity contribution >= 4 is 27.6 Å². The molecular formula is C21H32N4O5S. The highest BCUT2D eigenvalue weighted by atomic mass is 32.2. The van der Waals surface area contributed by atoms with Crippen molar-refractivity contribution in [1.82, 2.24) is 14.1 Å². The molecule has 10 heteroatoms. The predicted molar refractivity (Wildman–Crippen MR) is 118 cm³/mol. The Morgan fingerprint density at radius 2 is 1.71 bits per heavy atom. The highest BCUT2D eigenvalue weighted by Gasteiger charge is 2.31. The molecule has 2 saturated heterocycles. The molecule has 0 spiro atoms. The quantitative estimate of drug-likeness (QED) is 0.713. The molecule has 172 valence electrons. The molecule has 3 amide bonds. The molecule has 0 radical (unpaired) electrons. The first-order valence-corrected chi connectivity index (χ1v) is 12.2. The molecule has 0 unspecified atom stereocenters. The van der Waals surface area contributed by atoms with Crippen LogP contribution >= 0.6 is 0 Å². The van der Waals surface area contributed by atoms with E-state index in [9.17, 15) is 18.0 Å². The topological polar surface area (TPSA) is 99.3 Å². The lowest BCUT2D eigenvalue weighted by molar-refractivity contribution is -0.121. The van der Waals surface area contributed by atoms with E-state index >= 15 is 0 Å². The lowest BCUT2D eigenvalue weighted by atomic mass is 9.96. The Morgan fingerprint density at radius 1 is 1.10 bits per heavy atom. The van der Waals surface area contributed by atoms with Crippen molar-refractivity contribution in [2.24, 2.45) is 5.92 Å². The lowest BCUT2D eigenvalue weighted by Gasteiger charge is -2.34. The van der Waals surface area contributed by atoms with Crippen LogP contribution in [-0.2, 0) is 14.8 Å². The summed E-state index contributed by atoms with van der Waals surface area (Å²) in [6, 6.07) is 4.71. The Kier molecular flexibility index (Phi) is 7.42. The van der Waals surface area contributed by atoms with Gasteiger partial charge in [0.15, 0.2) is 0 Å². The number of hydrogen-bond acceptors (Lipinski definition) is 5. The van der Waals surface area contributed by atoms with E-state index in [1.165, 1.54) is 20.2 Å². The second kappa shape index (κ2) is 9.86. The van der Waals surface area contributed by atoms with Crippen molar-refractivity contribution in [1.29, 1.82) is 0 Å². The number of piperidine rings is 1. The monoisotopic (exact) mass is 452 g/mol. The molecule has 2 aliphatic rings. The maximum absolute atomic E-state index is 12.8. The van der Waals surface area contributed by atoms with Crippen LogP contribution in [0.25, 0.3) is 0 Å². The number of amides is 3. The number of benzene rings is 1. The molecule has 2 heterocycles. The summed E-state index contributed by atoms with van der Waals surface area (Å²) in [6.07, 6.45) is 3.28. The number of sulfonamides is 1. The van der Waals surface area contributed by atoms with E-state index in [1.807, 2.05) is 9.80 Å². The van der Waals surface area contributed by atoms with Gasteiger partial charge in [-0.1, -0.05) is 0 Å². The van der Waals surface area contributed by atoms with Gasteiger partial charge >= 0.3 is 6.03 Å². The summed E-state index contributed by atoms with van der Waals surface area (Å²) in [4.78, 5) is 29.0. The number of hydrogen-bond donors (Lipinski definition) is 1. The molecule has 1 aromatic rings. The molecule has 0 aliphatic carbocycles. The number of carbonyl (C=O) groups excluding carboxylic acids is 2. The van der Waals surface area contributed by atoms with Gasteiger partial charge in [0.1, 0.15) is 10.6 Å². The predicted octanol–water partition coefficient (Wildman–Crippen LogP) is 2.20. The van der Waals surface area contributed by atoms with Gasteiger partial charge in [-0.2, -0.15) is 0 Å². The number of urea groups is 1. The lowest BCUT2D eigenvalue weighted by Crippen LogP contribution is -2.47. The Bertz CT molecular complexity index is 904. The summed E-state index contributed by atoms with van der Waals surface area (Å²) in [7, 11) is -0.826. The molecule has 1 N–H and O–H groups in total. The first-order valence-electron chi connectivity index (χ1n) is 10.8. The number of carbonyl (C=O) groups is 2. The largest absolute Gasteiger partial charge is 0.492 e. The third-order valence-corrected chi connectivity index (χ3v) is 7.62. The number of nitrogens with zero attached hydrogens (tertiary/aromatic N) is 3. The van der Waals surface area contributed by atoms with Crippen molar-refractivity contribution in [2.75, 3.05) is 52.2 Å². The van der Waals surface area contributed by atoms with E-state index < -0.39 is 10.0 Å². The van der Waals surface area contributed by atoms with E-state index in [0.717, 1.165) is 30.2 Å². The van der Waals surface area contributed by atoms with Gasteiger partial charge in [-0.05, 0) is 50.8 Å². The van der Waals surface area contributed by atoms with Gasteiger partial charge in [-0.3, -0.25) is 4.79 Å². The maximum atomic E-state index is 12.8. The van der Waals surface area contributed by atoms with Crippen LogP contribution in [0.3, 0.4) is 0 Å². The van der Waals surface area contributed by atoms with Gasteiger partial charge in [0, 0.05) is 51.9 Å². The molecule has 1 aromatic carbocycles. The molecule has 2 aliphatic heterocycles. The zero-order chi connectivity index (χ0) is 22.6. The van der Waals surface area contributed by atoms with Gasteiger partial charge in [0.2, 0.25) is 15.9 Å². The highest BCUT2D eigenvalue weighted by Crippen LogP contribution is 2.30. The van der Waals surface area contributed by atoms with Crippen LogP contribution in [0.1, 0.15) is 32.6 Å². The molecule has 0 bridgehead atoms. The number of rotatable bonds is 6. The summed E-state index contributed by atoms with van der Waals surface area (Å²) in [5.41, 5.74) is 0.407. The first kappa shape index (κ1) is 23.3. The summed E-state index contributed by atoms with van der Waals surface area (Å²) in [5.74, 6) is -0.128. The fourth-order valence-electron chi connectivity index (χ4n) is 3.94. The van der Waals surface area contributed by atoms with Crippen LogP contribution < -0.4 is 10.1 Å². The Balaban J connectivity index is 1.65. The summed E-state index contributed by atoms with van der Waals surface area (Å²) in [6.45, 7) is 4.84. The SMILES string of the molecule is CCOc1ccc(NC(=O)C2CCN(C(=O)N3CCCC3)CC2)cc1S(=O)(=O)N(C)C. The Morgan fingerprint density at radius 3 is 2.29 bits per heavy atom. The first-order chi connectivity index (χ1) is 14.7. The minimum absolute atomic E-state index is 0.0168. The van der Waals surface area contributed by atoms with Crippen LogP contribution in [0.2, 0.25) is 0 Å². The van der Waals surface area contributed by atoms with Gasteiger partial charge in [0.25, 0.3) is 0 Å². The van der Waals surface area contributed by atoms with Crippen LogP contribution in [0, 0.1) is 5.92 Å². The molecule has 0 aromatic heterocycles. The van der Waals surface area contributed by atoms with E-state index in [1.54, 1.807) is 19.1 Å². The van der Waals surface area contributed by atoms with Crippen LogP contribution in [-0.4, -0.2) is 81.3 Å². The fourth-order valence-corrected chi connectivity index (χ4v) is 5.00. The molecular weight excluding hydrogens is 420 g/mol. The number of nitrogens with one attached hydrogen (secondary N) is 1. The standard InChI is InChI=1S/C21H32N4O5S/c1-4-30-18-8-7-17(15-19(18)31(28,29)23(2)3)22-20(26)16-9-13-25(14-10-16)21(27)24-11-5-6-12-24/h7-8,15-16H,4-6,9-14H2,1-3H3,(H,22,26). The van der Waals surface area contributed by atoms with Crippen molar-refractivity contribution < 1.29 is 22.7 Å². The molecule has 0 saturated carbocycles. The van der Waals surface area contributed by atoms with E-state index in [4.69, 9.17) is 4.74 Å². The van der Waals surface area contributed by atoms with Crippen LogP contribution in [0.15, 0.2) is 23.1 Å². The number of anilines is 1. The average molecular weight is 453 g/mol. The molecule has 2 fully saturated rings. The maximum Gasteiger partial charge on any atom is 0.319 e. The number of ether oxygens (including phenoxy) is 1. The minimum Gasteiger partial charge on any atom is -0.492 e. The molecule has 3 rings (SSSR count).